The van der Waals surface area contributed by atoms with Gasteiger partial charge in [-0.25, -0.2) is 9.59 Å². The Hall–Kier alpha value is -3.39. The van der Waals surface area contributed by atoms with Crippen molar-refractivity contribution in [2.75, 3.05) is 24.3 Å². The van der Waals surface area contributed by atoms with E-state index in [4.69, 9.17) is 17.0 Å². The van der Waals surface area contributed by atoms with Crippen LogP contribution in [0.1, 0.15) is 31.0 Å². The van der Waals surface area contributed by atoms with E-state index in [0.29, 0.717) is 16.4 Å². The van der Waals surface area contributed by atoms with E-state index in [2.05, 4.69) is 16.0 Å². The zero-order valence-corrected chi connectivity index (χ0v) is 18.8. The van der Waals surface area contributed by atoms with Crippen molar-refractivity contribution in [3.05, 3.63) is 70.9 Å². The van der Waals surface area contributed by atoms with Crippen molar-refractivity contribution in [3.63, 3.8) is 0 Å². The monoisotopic (exact) mass is 438 g/mol. The summed E-state index contributed by atoms with van der Waals surface area (Å²) in [5.74, 6) is -0.383. The Morgan fingerprint density at radius 1 is 1.10 bits per heavy atom. The molecule has 1 atom stereocenters. The van der Waals surface area contributed by atoms with Crippen LogP contribution in [-0.4, -0.2) is 35.7 Å². The van der Waals surface area contributed by atoms with Gasteiger partial charge in [0.2, 0.25) is 0 Å². The average Bonchev–Trinajstić information content (AvgIpc) is 2.72. The van der Waals surface area contributed by atoms with E-state index in [1.807, 2.05) is 50.2 Å². The molecule has 0 spiro atoms. The SMILES string of the molecule is CCOC(=O)C1=C(C)N(C)C(=S)N[C@H]1c1ccc(NC(=O)Nc2cccc(C)c2)cc1. The van der Waals surface area contributed by atoms with Crippen molar-refractivity contribution < 1.29 is 14.3 Å². The van der Waals surface area contributed by atoms with Crippen molar-refractivity contribution >= 4 is 40.7 Å². The number of urea groups is 1. The van der Waals surface area contributed by atoms with E-state index >= 15 is 0 Å². The second kappa shape index (κ2) is 9.61. The summed E-state index contributed by atoms with van der Waals surface area (Å²) in [5.41, 5.74) is 4.50. The minimum absolute atomic E-state index is 0.287. The third-order valence-electron chi connectivity index (χ3n) is 5.03. The number of allylic oxidation sites excluding steroid dienone is 1. The lowest BCUT2D eigenvalue weighted by Crippen LogP contribution is -2.46. The van der Waals surface area contributed by atoms with Crippen LogP contribution in [0.4, 0.5) is 16.2 Å². The first-order valence-corrected chi connectivity index (χ1v) is 10.4. The molecule has 0 unspecified atom stereocenters. The molecule has 1 heterocycles. The predicted molar refractivity (Wildman–Crippen MR) is 126 cm³/mol. The van der Waals surface area contributed by atoms with Crippen LogP contribution in [0.5, 0.6) is 0 Å². The van der Waals surface area contributed by atoms with E-state index in [1.165, 1.54) is 0 Å². The van der Waals surface area contributed by atoms with Crippen LogP contribution in [0.15, 0.2) is 59.8 Å². The van der Waals surface area contributed by atoms with E-state index in [0.717, 1.165) is 22.5 Å². The maximum atomic E-state index is 12.6. The molecular formula is C23H26N4O3S. The number of nitrogens with one attached hydrogen (secondary N) is 3. The van der Waals surface area contributed by atoms with E-state index < -0.39 is 6.04 Å². The third-order valence-corrected chi connectivity index (χ3v) is 5.42. The van der Waals surface area contributed by atoms with Crippen molar-refractivity contribution in [1.29, 1.82) is 0 Å². The number of benzene rings is 2. The van der Waals surface area contributed by atoms with E-state index in [-0.39, 0.29) is 18.6 Å². The zero-order chi connectivity index (χ0) is 22.5. The minimum atomic E-state index is -0.432. The largest absolute Gasteiger partial charge is 0.463 e. The quantitative estimate of drug-likeness (QED) is 0.476. The summed E-state index contributed by atoms with van der Waals surface area (Å²) in [4.78, 5) is 26.6. The molecule has 2 aromatic rings. The number of amides is 2. The van der Waals surface area contributed by atoms with Crippen molar-refractivity contribution in [2.45, 2.75) is 26.8 Å². The van der Waals surface area contributed by atoms with Gasteiger partial charge in [0.25, 0.3) is 0 Å². The van der Waals surface area contributed by atoms with E-state index in [1.54, 1.807) is 31.0 Å². The lowest BCUT2D eigenvalue weighted by Gasteiger charge is -2.35. The lowest BCUT2D eigenvalue weighted by molar-refractivity contribution is -0.139. The molecule has 0 bridgehead atoms. The first-order chi connectivity index (χ1) is 14.8. The summed E-state index contributed by atoms with van der Waals surface area (Å²) in [6, 6.07) is 14.1. The van der Waals surface area contributed by atoms with Crippen LogP contribution >= 0.6 is 12.2 Å². The number of hydrogen-bond donors (Lipinski definition) is 3. The highest BCUT2D eigenvalue weighted by atomic mass is 32.1. The molecule has 0 fully saturated rings. The number of rotatable bonds is 5. The van der Waals surface area contributed by atoms with Crippen LogP contribution in [0.2, 0.25) is 0 Å². The molecule has 1 aliphatic heterocycles. The Morgan fingerprint density at radius 2 is 1.77 bits per heavy atom. The van der Waals surface area contributed by atoms with Gasteiger partial charge in [-0.2, -0.15) is 0 Å². The first-order valence-electron chi connectivity index (χ1n) is 9.97. The van der Waals surface area contributed by atoms with Gasteiger partial charge in [0.1, 0.15) is 0 Å². The molecule has 0 saturated carbocycles. The molecule has 0 aromatic heterocycles. The van der Waals surface area contributed by atoms with Gasteiger partial charge in [0, 0.05) is 24.1 Å². The van der Waals surface area contributed by atoms with Gasteiger partial charge in [0.15, 0.2) is 5.11 Å². The Balaban J connectivity index is 1.77. The molecule has 3 rings (SSSR count). The molecule has 8 heteroatoms. The normalized spacial score (nSPS) is 15.9. The summed E-state index contributed by atoms with van der Waals surface area (Å²) >= 11 is 5.40. The number of nitrogens with zero attached hydrogens (tertiary/aromatic N) is 1. The smallest absolute Gasteiger partial charge is 0.338 e. The van der Waals surface area contributed by atoms with Crippen LogP contribution in [0.3, 0.4) is 0 Å². The predicted octanol–water partition coefficient (Wildman–Crippen LogP) is 4.34. The summed E-state index contributed by atoms with van der Waals surface area (Å²) in [7, 11) is 1.81. The lowest BCUT2D eigenvalue weighted by atomic mass is 9.95. The molecule has 3 N–H and O–H groups in total. The van der Waals surface area contributed by atoms with Crippen LogP contribution in [0.25, 0.3) is 0 Å². The van der Waals surface area contributed by atoms with Gasteiger partial charge in [-0.3, -0.25) is 0 Å². The standard InChI is InChI=1S/C23H26N4O3S/c1-5-30-21(28)19-15(3)27(4)23(31)26-20(19)16-9-11-17(12-10-16)24-22(29)25-18-8-6-7-14(2)13-18/h6-13,20H,5H2,1-4H3,(H,26,31)(H2,24,25,29)/t20-/m0/s1. The summed E-state index contributed by atoms with van der Waals surface area (Å²) < 4.78 is 5.26. The summed E-state index contributed by atoms with van der Waals surface area (Å²) in [5, 5.41) is 9.34. The maximum Gasteiger partial charge on any atom is 0.338 e. The van der Waals surface area contributed by atoms with Crippen LogP contribution < -0.4 is 16.0 Å². The molecule has 162 valence electrons. The second-order valence-electron chi connectivity index (χ2n) is 7.23. The molecule has 7 nitrogen and oxygen atoms in total. The van der Waals surface area contributed by atoms with Gasteiger partial charge < -0.3 is 25.6 Å². The van der Waals surface area contributed by atoms with Crippen molar-refractivity contribution in [3.8, 4) is 0 Å². The maximum absolute atomic E-state index is 12.6. The van der Waals surface area contributed by atoms with Gasteiger partial charge in [-0.15, -0.1) is 0 Å². The number of carbonyl (C=O) groups is 2. The highest BCUT2D eigenvalue weighted by Gasteiger charge is 2.33. The Bertz CT molecular complexity index is 1030. The van der Waals surface area contributed by atoms with Crippen LogP contribution in [0, 0.1) is 6.92 Å². The molecule has 0 radical (unpaired) electrons. The molecule has 0 saturated heterocycles. The molecular weight excluding hydrogens is 412 g/mol. The fourth-order valence-electron chi connectivity index (χ4n) is 3.33. The molecule has 2 amide bonds. The van der Waals surface area contributed by atoms with Gasteiger partial charge >= 0.3 is 12.0 Å². The summed E-state index contributed by atoms with van der Waals surface area (Å²) in [6.07, 6.45) is 0. The second-order valence-corrected chi connectivity index (χ2v) is 7.62. The Kier molecular flexibility index (Phi) is 6.91. The molecule has 2 aromatic carbocycles. The fourth-order valence-corrected chi connectivity index (χ4v) is 3.59. The van der Waals surface area contributed by atoms with Gasteiger partial charge in [-0.05, 0) is 68.4 Å². The van der Waals surface area contributed by atoms with Gasteiger partial charge in [-0.1, -0.05) is 24.3 Å². The summed E-state index contributed by atoms with van der Waals surface area (Å²) in [6.45, 7) is 5.87. The number of aryl methyl sites for hydroxylation is 1. The number of ether oxygens (including phenoxy) is 1. The molecule has 1 aliphatic rings. The third kappa shape index (κ3) is 5.21. The number of anilines is 2. The van der Waals surface area contributed by atoms with Crippen LogP contribution in [-0.2, 0) is 9.53 Å². The number of esters is 1. The first kappa shape index (κ1) is 22.3. The highest BCUT2D eigenvalue weighted by Crippen LogP contribution is 2.31. The number of thiocarbonyl (C=S) groups is 1. The fraction of sp³-hybridized carbons (Fsp3) is 0.261. The van der Waals surface area contributed by atoms with Crippen molar-refractivity contribution in [2.24, 2.45) is 0 Å². The van der Waals surface area contributed by atoms with Crippen molar-refractivity contribution in [1.82, 2.24) is 10.2 Å². The Morgan fingerprint density at radius 3 is 2.42 bits per heavy atom. The minimum Gasteiger partial charge on any atom is -0.463 e. The molecule has 0 aliphatic carbocycles. The highest BCUT2D eigenvalue weighted by molar-refractivity contribution is 7.80. The van der Waals surface area contributed by atoms with Gasteiger partial charge in [0.05, 0.1) is 18.2 Å². The number of hydrogen-bond acceptors (Lipinski definition) is 4. The van der Waals surface area contributed by atoms with E-state index in [9.17, 15) is 9.59 Å². The molecule has 31 heavy (non-hydrogen) atoms. The topological polar surface area (TPSA) is 82.7 Å². The Labute approximate surface area is 187 Å². The average molecular weight is 439 g/mol. The zero-order valence-electron chi connectivity index (χ0n) is 18.0. The number of carbonyl (C=O) groups excluding carboxylic acids is 2.